The summed E-state index contributed by atoms with van der Waals surface area (Å²) in [6, 6.07) is 11.6. The molecule has 0 bridgehead atoms. The van der Waals surface area contributed by atoms with Crippen molar-refractivity contribution in [2.45, 2.75) is 20.3 Å². The minimum absolute atomic E-state index is 0.120. The molecule has 0 fully saturated rings. The lowest BCUT2D eigenvalue weighted by Crippen LogP contribution is -2.29. The monoisotopic (exact) mass is 429 g/mol. The summed E-state index contributed by atoms with van der Waals surface area (Å²) in [7, 11) is 0. The summed E-state index contributed by atoms with van der Waals surface area (Å²) < 4.78 is 5.00. The smallest absolute Gasteiger partial charge is 0.302 e. The first-order chi connectivity index (χ1) is 14.3. The van der Waals surface area contributed by atoms with Gasteiger partial charge in [-0.1, -0.05) is 11.6 Å². The van der Waals surface area contributed by atoms with Gasteiger partial charge in [-0.15, -0.1) is 5.11 Å². The average molecular weight is 430 g/mol. The molecule has 0 saturated carbocycles. The molecule has 0 amide bonds. The Kier molecular flexibility index (Phi) is 8.26. The first-order valence-corrected chi connectivity index (χ1v) is 9.41. The van der Waals surface area contributed by atoms with Crippen LogP contribution < -0.4 is 4.90 Å². The molecule has 0 unspecified atom stereocenters. The Hall–Kier alpha value is -3.51. The van der Waals surface area contributed by atoms with Crippen LogP contribution in [0.25, 0.3) is 0 Å². The van der Waals surface area contributed by atoms with Gasteiger partial charge < -0.3 is 9.64 Å². The molecule has 0 N–H and O–H groups in total. The van der Waals surface area contributed by atoms with Gasteiger partial charge >= 0.3 is 5.97 Å². The number of rotatable bonds is 9. The number of nitro groups is 1. The Bertz CT molecular complexity index is 1000. The number of nitrogens with zero attached hydrogens (tertiary/aromatic N) is 5. The molecule has 156 valence electrons. The molecule has 0 saturated heterocycles. The Morgan fingerprint density at radius 1 is 1.23 bits per heavy atom. The fourth-order valence-corrected chi connectivity index (χ4v) is 2.81. The summed E-state index contributed by atoms with van der Waals surface area (Å²) in [6.45, 7) is 4.39. The first kappa shape index (κ1) is 22.8. The molecule has 2 aromatic rings. The minimum atomic E-state index is -0.533. The highest BCUT2D eigenvalue weighted by molar-refractivity contribution is 6.33. The van der Waals surface area contributed by atoms with E-state index in [1.807, 2.05) is 24.0 Å². The lowest BCUT2D eigenvalue weighted by Gasteiger charge is -2.24. The van der Waals surface area contributed by atoms with Gasteiger partial charge in [0, 0.05) is 31.3 Å². The fraction of sp³-hybridized carbons (Fsp3) is 0.300. The number of nitro benzene ring substituents is 1. The summed E-state index contributed by atoms with van der Waals surface area (Å²) >= 11 is 6.04. The zero-order chi connectivity index (χ0) is 22.1. The zero-order valence-electron chi connectivity index (χ0n) is 16.5. The van der Waals surface area contributed by atoms with Gasteiger partial charge in [0.05, 0.1) is 34.7 Å². The van der Waals surface area contributed by atoms with Crippen LogP contribution >= 0.6 is 11.6 Å². The van der Waals surface area contributed by atoms with E-state index in [4.69, 9.17) is 21.6 Å². The van der Waals surface area contributed by atoms with E-state index < -0.39 is 4.92 Å². The number of ether oxygens (including phenoxy) is 1. The Morgan fingerprint density at radius 3 is 2.53 bits per heavy atom. The van der Waals surface area contributed by atoms with Crippen LogP contribution in [0.3, 0.4) is 0 Å². The molecular weight excluding hydrogens is 410 g/mol. The number of hydrogen-bond donors (Lipinski definition) is 0. The molecule has 30 heavy (non-hydrogen) atoms. The van der Waals surface area contributed by atoms with Crippen LogP contribution in [-0.4, -0.2) is 30.6 Å². The second kappa shape index (κ2) is 10.9. The van der Waals surface area contributed by atoms with Crippen LogP contribution in [0.15, 0.2) is 46.6 Å². The Labute approximate surface area is 178 Å². The van der Waals surface area contributed by atoms with E-state index in [0.29, 0.717) is 30.9 Å². The molecule has 2 aromatic carbocycles. The molecule has 0 heterocycles. The maximum atomic E-state index is 11.0. The van der Waals surface area contributed by atoms with E-state index in [0.717, 1.165) is 11.3 Å². The maximum Gasteiger partial charge on any atom is 0.302 e. The molecule has 0 atom stereocenters. The van der Waals surface area contributed by atoms with Gasteiger partial charge in [-0.2, -0.15) is 10.4 Å². The molecule has 2 rings (SSSR count). The summed E-state index contributed by atoms with van der Waals surface area (Å²) in [5, 5.41) is 28.1. The number of non-ortho nitro benzene ring substituents is 1. The Balaban J connectivity index is 2.18. The van der Waals surface area contributed by atoms with Crippen molar-refractivity contribution < 1.29 is 14.5 Å². The number of esters is 1. The minimum Gasteiger partial charge on any atom is -0.464 e. The second-order valence-electron chi connectivity index (χ2n) is 6.30. The number of carbonyl (C=O) groups is 1. The molecule has 0 radical (unpaired) electrons. The van der Waals surface area contributed by atoms with Gasteiger partial charge in [0.15, 0.2) is 0 Å². The van der Waals surface area contributed by atoms with Gasteiger partial charge in [0.2, 0.25) is 0 Å². The topological polar surface area (TPSA) is 121 Å². The van der Waals surface area contributed by atoms with E-state index in [1.54, 1.807) is 6.07 Å². The van der Waals surface area contributed by atoms with Crippen LogP contribution in [0.2, 0.25) is 5.02 Å². The quantitative estimate of drug-likeness (QED) is 0.232. The number of nitriles is 1. The third-order valence-electron chi connectivity index (χ3n) is 4.11. The van der Waals surface area contributed by atoms with Gasteiger partial charge in [-0.3, -0.25) is 14.9 Å². The highest BCUT2D eigenvalue weighted by Crippen LogP contribution is 2.32. The van der Waals surface area contributed by atoms with Crippen molar-refractivity contribution in [2.75, 3.05) is 24.6 Å². The van der Waals surface area contributed by atoms with Gasteiger partial charge in [-0.25, -0.2) is 0 Å². The standard InChI is InChI=1S/C20H20ClN5O4/c1-14-12-16(25(9-3-8-22)10-11-30-15(2)27)4-6-19(14)23-24-20-7-5-17(26(28)29)13-18(20)21/h4-7,12-13H,3,9-11H2,1-2H3. The highest BCUT2D eigenvalue weighted by Gasteiger charge is 2.11. The second-order valence-corrected chi connectivity index (χ2v) is 6.71. The molecular formula is C20H20ClN5O4. The molecule has 0 aromatic heterocycles. The number of benzene rings is 2. The Morgan fingerprint density at radius 2 is 1.93 bits per heavy atom. The molecule has 9 nitrogen and oxygen atoms in total. The van der Waals surface area contributed by atoms with Crippen molar-refractivity contribution in [2.24, 2.45) is 10.2 Å². The van der Waals surface area contributed by atoms with Crippen LogP contribution in [0.4, 0.5) is 22.7 Å². The van der Waals surface area contributed by atoms with Crippen molar-refractivity contribution in [1.29, 1.82) is 5.26 Å². The van der Waals surface area contributed by atoms with E-state index in [-0.39, 0.29) is 23.3 Å². The van der Waals surface area contributed by atoms with Crippen LogP contribution in [0.5, 0.6) is 0 Å². The number of azo groups is 1. The van der Waals surface area contributed by atoms with Crippen molar-refractivity contribution in [3.8, 4) is 6.07 Å². The summed E-state index contributed by atoms with van der Waals surface area (Å²) in [4.78, 5) is 23.2. The normalized spacial score (nSPS) is 10.6. The largest absolute Gasteiger partial charge is 0.464 e. The molecule has 0 aliphatic heterocycles. The third kappa shape index (κ3) is 6.53. The molecule has 0 spiro atoms. The molecule has 10 heteroatoms. The van der Waals surface area contributed by atoms with Crippen molar-refractivity contribution in [3.63, 3.8) is 0 Å². The van der Waals surface area contributed by atoms with Crippen LogP contribution in [0.1, 0.15) is 18.9 Å². The highest BCUT2D eigenvalue weighted by atomic mass is 35.5. The van der Waals surface area contributed by atoms with E-state index in [2.05, 4.69) is 16.3 Å². The number of halogens is 1. The van der Waals surface area contributed by atoms with Crippen LogP contribution in [-0.2, 0) is 9.53 Å². The lowest BCUT2D eigenvalue weighted by atomic mass is 10.1. The summed E-state index contributed by atoms with van der Waals surface area (Å²) in [5.41, 5.74) is 2.51. The van der Waals surface area contributed by atoms with Crippen molar-refractivity contribution in [3.05, 3.63) is 57.1 Å². The maximum absolute atomic E-state index is 11.0. The van der Waals surface area contributed by atoms with Crippen LogP contribution in [0, 0.1) is 28.4 Å². The van der Waals surface area contributed by atoms with Gasteiger partial charge in [0.25, 0.3) is 5.69 Å². The van der Waals surface area contributed by atoms with Crippen molar-refractivity contribution in [1.82, 2.24) is 0 Å². The average Bonchev–Trinajstić information content (AvgIpc) is 2.70. The van der Waals surface area contributed by atoms with E-state index in [1.165, 1.54) is 25.1 Å². The summed E-state index contributed by atoms with van der Waals surface area (Å²) in [6.07, 6.45) is 0.333. The number of anilines is 1. The number of aryl methyl sites for hydroxylation is 1. The lowest BCUT2D eigenvalue weighted by molar-refractivity contribution is -0.384. The number of hydrogen-bond acceptors (Lipinski definition) is 8. The number of carbonyl (C=O) groups excluding carboxylic acids is 1. The third-order valence-corrected chi connectivity index (χ3v) is 4.42. The van der Waals surface area contributed by atoms with E-state index >= 15 is 0 Å². The fourth-order valence-electron chi connectivity index (χ4n) is 2.60. The zero-order valence-corrected chi connectivity index (χ0v) is 17.3. The predicted molar refractivity (Wildman–Crippen MR) is 113 cm³/mol. The van der Waals surface area contributed by atoms with Crippen molar-refractivity contribution >= 4 is 40.3 Å². The SMILES string of the molecule is CC(=O)OCCN(CCC#N)c1ccc(N=Nc2ccc([N+](=O)[O-])cc2Cl)c(C)c1. The van der Waals surface area contributed by atoms with Gasteiger partial charge in [0.1, 0.15) is 12.3 Å². The first-order valence-electron chi connectivity index (χ1n) is 9.03. The van der Waals surface area contributed by atoms with Gasteiger partial charge in [-0.05, 0) is 36.8 Å². The molecule has 0 aliphatic rings. The summed E-state index contributed by atoms with van der Waals surface area (Å²) in [5.74, 6) is -0.355. The molecule has 0 aliphatic carbocycles. The predicted octanol–water partition coefficient (Wildman–Crippen LogP) is 5.26. The van der Waals surface area contributed by atoms with E-state index in [9.17, 15) is 14.9 Å².